The lowest BCUT2D eigenvalue weighted by atomic mass is 10.1. The average Bonchev–Trinajstić information content (AvgIpc) is 3.21. The van der Waals surface area contributed by atoms with E-state index >= 15 is 0 Å². The van der Waals surface area contributed by atoms with E-state index in [4.69, 9.17) is 9.47 Å². The van der Waals surface area contributed by atoms with E-state index in [9.17, 15) is 4.79 Å². The van der Waals surface area contributed by atoms with Crippen LogP contribution in [0.2, 0.25) is 0 Å². The van der Waals surface area contributed by atoms with Crippen molar-refractivity contribution in [3.05, 3.63) is 64.7 Å². The van der Waals surface area contributed by atoms with E-state index in [1.54, 1.807) is 36.6 Å². The van der Waals surface area contributed by atoms with Gasteiger partial charge in [0.1, 0.15) is 16.5 Å². The number of aryl methyl sites for hydroxylation is 1. The summed E-state index contributed by atoms with van der Waals surface area (Å²) in [5.41, 5.74) is 3.70. The number of rotatable bonds is 7. The zero-order valence-corrected chi connectivity index (χ0v) is 16.4. The first-order chi connectivity index (χ1) is 13.1. The molecule has 6 heteroatoms. The van der Waals surface area contributed by atoms with Crippen LogP contribution in [0, 0.1) is 0 Å². The second kappa shape index (κ2) is 8.68. The summed E-state index contributed by atoms with van der Waals surface area (Å²) >= 11 is 1.65. The Morgan fingerprint density at radius 2 is 1.89 bits per heavy atom. The number of nitrogens with one attached hydrogen (secondary N) is 1. The molecule has 0 spiro atoms. The summed E-state index contributed by atoms with van der Waals surface area (Å²) in [5.74, 6) is 0.941. The third kappa shape index (κ3) is 4.46. The first kappa shape index (κ1) is 18.9. The number of carbonyl (C=O) groups excluding carboxylic acids is 1. The molecule has 0 fully saturated rings. The predicted molar refractivity (Wildman–Crippen MR) is 108 cm³/mol. The van der Waals surface area contributed by atoms with Gasteiger partial charge in [-0.25, -0.2) is 4.98 Å². The first-order valence-electron chi connectivity index (χ1n) is 8.68. The molecule has 0 aliphatic rings. The van der Waals surface area contributed by atoms with Crippen molar-refractivity contribution in [3.8, 4) is 22.1 Å². The number of carbonyl (C=O) groups is 1. The molecule has 0 radical (unpaired) electrons. The van der Waals surface area contributed by atoms with E-state index in [-0.39, 0.29) is 5.91 Å². The molecular weight excluding hydrogens is 360 g/mol. The molecule has 0 unspecified atom stereocenters. The van der Waals surface area contributed by atoms with Gasteiger partial charge in [-0.15, -0.1) is 11.3 Å². The number of aromatic nitrogens is 1. The highest BCUT2D eigenvalue weighted by atomic mass is 32.1. The molecule has 1 amide bonds. The number of ether oxygens (including phenoxy) is 2. The van der Waals surface area contributed by atoms with Gasteiger partial charge in [-0.1, -0.05) is 31.2 Å². The summed E-state index contributed by atoms with van der Waals surface area (Å²) in [6.07, 6.45) is 0.940. The van der Waals surface area contributed by atoms with Gasteiger partial charge in [0.2, 0.25) is 0 Å². The highest BCUT2D eigenvalue weighted by Gasteiger charge is 2.13. The lowest BCUT2D eigenvalue weighted by Gasteiger charge is -2.11. The Bertz CT molecular complexity index is 919. The molecule has 2 aromatic carbocycles. The summed E-state index contributed by atoms with van der Waals surface area (Å²) in [7, 11) is 3.11. The molecule has 0 atom stereocenters. The quantitative estimate of drug-likeness (QED) is 0.661. The van der Waals surface area contributed by atoms with Crippen molar-refractivity contribution >= 4 is 17.2 Å². The number of hydrogen-bond acceptors (Lipinski definition) is 5. The van der Waals surface area contributed by atoms with Gasteiger partial charge in [0.05, 0.1) is 25.5 Å². The SMILES string of the molecule is CCc1csc(-c2ccc(CNC(=O)c3ccc(OC)cc3OC)cc2)n1. The zero-order chi connectivity index (χ0) is 19.2. The standard InChI is InChI=1S/C21H22N2O3S/c1-4-16-13-27-21(23-16)15-7-5-14(6-8-15)12-22-20(24)18-10-9-17(25-2)11-19(18)26-3/h5-11,13H,4,12H2,1-3H3,(H,22,24). The first-order valence-corrected chi connectivity index (χ1v) is 9.56. The van der Waals surface area contributed by atoms with Crippen molar-refractivity contribution in [2.24, 2.45) is 0 Å². The monoisotopic (exact) mass is 382 g/mol. The lowest BCUT2D eigenvalue weighted by Crippen LogP contribution is -2.23. The number of thiazole rings is 1. The maximum absolute atomic E-state index is 12.5. The molecule has 1 N–H and O–H groups in total. The molecule has 0 bridgehead atoms. The molecule has 140 valence electrons. The van der Waals surface area contributed by atoms with Crippen LogP contribution < -0.4 is 14.8 Å². The Hall–Kier alpha value is -2.86. The minimum absolute atomic E-state index is 0.189. The van der Waals surface area contributed by atoms with E-state index in [1.165, 1.54) is 7.11 Å². The van der Waals surface area contributed by atoms with Crippen LogP contribution in [0.25, 0.3) is 10.6 Å². The van der Waals surface area contributed by atoms with Crippen LogP contribution in [0.15, 0.2) is 47.8 Å². The number of nitrogens with zero attached hydrogens (tertiary/aromatic N) is 1. The Balaban J connectivity index is 1.65. The van der Waals surface area contributed by atoms with E-state index in [1.807, 2.05) is 24.3 Å². The lowest BCUT2D eigenvalue weighted by molar-refractivity contribution is 0.0948. The molecule has 0 saturated heterocycles. The van der Waals surface area contributed by atoms with Gasteiger partial charge in [0.15, 0.2) is 0 Å². The third-order valence-corrected chi connectivity index (χ3v) is 5.16. The number of benzene rings is 2. The van der Waals surface area contributed by atoms with Crippen molar-refractivity contribution in [2.75, 3.05) is 14.2 Å². The largest absolute Gasteiger partial charge is 0.497 e. The molecule has 0 aliphatic carbocycles. The Kier molecular flexibility index (Phi) is 6.08. The van der Waals surface area contributed by atoms with Crippen molar-refractivity contribution < 1.29 is 14.3 Å². The number of amides is 1. The van der Waals surface area contributed by atoms with E-state index in [2.05, 4.69) is 22.6 Å². The highest BCUT2D eigenvalue weighted by molar-refractivity contribution is 7.13. The summed E-state index contributed by atoms with van der Waals surface area (Å²) in [4.78, 5) is 17.1. The maximum Gasteiger partial charge on any atom is 0.255 e. The van der Waals surface area contributed by atoms with Crippen molar-refractivity contribution in [2.45, 2.75) is 19.9 Å². The van der Waals surface area contributed by atoms with Crippen LogP contribution in [0.4, 0.5) is 0 Å². The Morgan fingerprint density at radius 3 is 2.52 bits per heavy atom. The molecule has 0 saturated carbocycles. The molecule has 1 aromatic heterocycles. The van der Waals surface area contributed by atoms with Crippen LogP contribution in [-0.2, 0) is 13.0 Å². The van der Waals surface area contributed by atoms with Gasteiger partial charge in [-0.2, -0.15) is 0 Å². The normalized spacial score (nSPS) is 10.5. The summed E-state index contributed by atoms with van der Waals surface area (Å²) in [6.45, 7) is 2.54. The minimum Gasteiger partial charge on any atom is -0.497 e. The molecular formula is C21H22N2O3S. The van der Waals surface area contributed by atoms with Crippen molar-refractivity contribution in [1.29, 1.82) is 0 Å². The topological polar surface area (TPSA) is 60.5 Å². The molecule has 3 rings (SSSR count). The predicted octanol–water partition coefficient (Wildman–Crippen LogP) is 4.32. The minimum atomic E-state index is -0.189. The van der Waals surface area contributed by atoms with Crippen LogP contribution in [0.5, 0.6) is 11.5 Å². The van der Waals surface area contributed by atoms with Gasteiger partial charge >= 0.3 is 0 Å². The molecule has 3 aromatic rings. The second-order valence-corrected chi connectivity index (χ2v) is 6.80. The van der Waals surface area contributed by atoms with Gasteiger partial charge in [0.25, 0.3) is 5.91 Å². The molecule has 27 heavy (non-hydrogen) atoms. The van der Waals surface area contributed by atoms with Crippen LogP contribution in [-0.4, -0.2) is 25.1 Å². The molecule has 5 nitrogen and oxygen atoms in total. The number of hydrogen-bond donors (Lipinski definition) is 1. The van der Waals surface area contributed by atoms with Crippen LogP contribution in [0.3, 0.4) is 0 Å². The average molecular weight is 382 g/mol. The molecule has 0 aliphatic heterocycles. The highest BCUT2D eigenvalue weighted by Crippen LogP contribution is 2.25. The van der Waals surface area contributed by atoms with Crippen molar-refractivity contribution in [3.63, 3.8) is 0 Å². The maximum atomic E-state index is 12.5. The van der Waals surface area contributed by atoms with Crippen LogP contribution in [0.1, 0.15) is 28.5 Å². The number of methoxy groups -OCH3 is 2. The fraction of sp³-hybridized carbons (Fsp3) is 0.238. The molecule has 1 heterocycles. The Morgan fingerprint density at radius 1 is 1.11 bits per heavy atom. The van der Waals surface area contributed by atoms with Crippen molar-refractivity contribution in [1.82, 2.24) is 10.3 Å². The van der Waals surface area contributed by atoms with E-state index in [0.717, 1.165) is 28.2 Å². The fourth-order valence-electron chi connectivity index (χ4n) is 2.63. The smallest absolute Gasteiger partial charge is 0.255 e. The van der Waals surface area contributed by atoms with Crippen LogP contribution >= 0.6 is 11.3 Å². The summed E-state index contributed by atoms with van der Waals surface area (Å²) < 4.78 is 10.5. The summed E-state index contributed by atoms with van der Waals surface area (Å²) in [5, 5.41) is 6.04. The summed E-state index contributed by atoms with van der Waals surface area (Å²) in [6, 6.07) is 13.2. The third-order valence-electron chi connectivity index (χ3n) is 4.22. The van der Waals surface area contributed by atoms with Gasteiger partial charge in [-0.05, 0) is 24.1 Å². The van der Waals surface area contributed by atoms with E-state index < -0.39 is 0 Å². The fourth-order valence-corrected chi connectivity index (χ4v) is 3.54. The van der Waals surface area contributed by atoms with Gasteiger partial charge in [0, 0.05) is 23.6 Å². The Labute approximate surface area is 163 Å². The second-order valence-electron chi connectivity index (χ2n) is 5.94. The zero-order valence-electron chi connectivity index (χ0n) is 15.6. The van der Waals surface area contributed by atoms with Gasteiger partial charge < -0.3 is 14.8 Å². The van der Waals surface area contributed by atoms with E-state index in [0.29, 0.717) is 23.6 Å². The van der Waals surface area contributed by atoms with Gasteiger partial charge in [-0.3, -0.25) is 4.79 Å².